The number of halogens is 5. The van der Waals surface area contributed by atoms with Crippen molar-refractivity contribution < 1.29 is 37.0 Å². The summed E-state index contributed by atoms with van der Waals surface area (Å²) in [5.74, 6) is -3.47. The number of nitrogens with one attached hydrogen (secondary N) is 2. The second-order valence-electron chi connectivity index (χ2n) is 10.1. The zero-order valence-electron chi connectivity index (χ0n) is 23.6. The fraction of sp³-hybridized carbons (Fsp3) is 0.323. The van der Waals surface area contributed by atoms with Gasteiger partial charge in [-0.25, -0.2) is 0 Å². The van der Waals surface area contributed by atoms with Crippen LogP contribution in [0.15, 0.2) is 72.8 Å². The first kappa shape index (κ1) is 33.7. The Bertz CT molecular complexity index is 1380. The highest BCUT2D eigenvalue weighted by atomic mass is 35.5. The summed E-state index contributed by atoms with van der Waals surface area (Å²) in [7, 11) is 1.52. The van der Waals surface area contributed by atoms with Gasteiger partial charge in [0.2, 0.25) is 11.8 Å². The Morgan fingerprint density at radius 1 is 0.814 bits per heavy atom. The van der Waals surface area contributed by atoms with Crippen LogP contribution in [0.1, 0.15) is 37.5 Å². The number of ketones is 1. The minimum atomic E-state index is -5.15. The molecular formula is C31H31Cl2F3N2O5. The average molecular weight is 639 g/mol. The third kappa shape index (κ3) is 10.2. The number of alkyl halides is 3. The van der Waals surface area contributed by atoms with Crippen LogP contribution in [-0.2, 0) is 20.8 Å². The quantitative estimate of drug-likeness (QED) is 0.223. The fourth-order valence-electron chi connectivity index (χ4n) is 4.18. The Hall–Kier alpha value is -3.76. The lowest BCUT2D eigenvalue weighted by Crippen LogP contribution is -2.56. The maximum Gasteiger partial charge on any atom is 0.452 e. The number of carbonyl (C=O) groups is 3. The van der Waals surface area contributed by atoms with Crippen molar-refractivity contribution in [3.63, 3.8) is 0 Å². The summed E-state index contributed by atoms with van der Waals surface area (Å²) in [6.07, 6.45) is -6.31. The van der Waals surface area contributed by atoms with Gasteiger partial charge in [-0.3, -0.25) is 14.4 Å². The molecule has 2 N–H and O–H groups in total. The number of rotatable bonds is 13. The lowest BCUT2D eigenvalue weighted by molar-refractivity contribution is -0.175. The minimum Gasteiger partial charge on any atom is -0.497 e. The molecule has 0 saturated heterocycles. The molecule has 3 rings (SSSR count). The molecule has 0 aliphatic carbocycles. The second kappa shape index (κ2) is 15.1. The largest absolute Gasteiger partial charge is 0.497 e. The molecule has 43 heavy (non-hydrogen) atoms. The van der Waals surface area contributed by atoms with Crippen LogP contribution in [0.5, 0.6) is 11.5 Å². The van der Waals surface area contributed by atoms with E-state index < -0.39 is 47.9 Å². The highest BCUT2D eigenvalue weighted by Gasteiger charge is 2.45. The van der Waals surface area contributed by atoms with Crippen molar-refractivity contribution in [2.24, 2.45) is 5.92 Å². The molecule has 0 saturated carbocycles. The molecule has 0 heterocycles. The Morgan fingerprint density at radius 2 is 1.35 bits per heavy atom. The van der Waals surface area contributed by atoms with E-state index in [1.165, 1.54) is 21.0 Å². The number of hydrogen-bond acceptors (Lipinski definition) is 5. The SMILES string of the molecule is COc1ccc(OC(CC(=O)NC(Cc2ccc(Cl)cc2)C(=O)NC(C(=O)C(F)(F)F)C(C)C)c2ccc(Cl)cc2)cc1. The van der Waals surface area contributed by atoms with E-state index >= 15 is 0 Å². The molecule has 0 radical (unpaired) electrons. The number of hydrogen-bond donors (Lipinski definition) is 2. The van der Waals surface area contributed by atoms with Crippen LogP contribution in [-0.4, -0.2) is 43.0 Å². The monoisotopic (exact) mass is 638 g/mol. The van der Waals surface area contributed by atoms with E-state index in [0.717, 1.165) is 0 Å². The smallest absolute Gasteiger partial charge is 0.452 e. The zero-order chi connectivity index (χ0) is 31.7. The average Bonchev–Trinajstić information content (AvgIpc) is 2.96. The first-order valence-electron chi connectivity index (χ1n) is 13.3. The van der Waals surface area contributed by atoms with E-state index in [1.54, 1.807) is 72.8 Å². The predicted octanol–water partition coefficient (Wildman–Crippen LogP) is 6.51. The summed E-state index contributed by atoms with van der Waals surface area (Å²) >= 11 is 12.0. The molecule has 0 bridgehead atoms. The number of amides is 2. The van der Waals surface area contributed by atoms with Crippen molar-refractivity contribution in [3.05, 3.63) is 94.0 Å². The van der Waals surface area contributed by atoms with E-state index in [9.17, 15) is 27.6 Å². The maximum absolute atomic E-state index is 13.4. The Kier molecular flexibility index (Phi) is 11.9. The van der Waals surface area contributed by atoms with E-state index in [0.29, 0.717) is 32.7 Å². The summed E-state index contributed by atoms with van der Waals surface area (Å²) in [5, 5.41) is 5.72. The lowest BCUT2D eigenvalue weighted by Gasteiger charge is -2.26. The van der Waals surface area contributed by atoms with Crippen LogP contribution < -0.4 is 20.1 Å². The molecule has 0 aliphatic rings. The summed E-state index contributed by atoms with van der Waals surface area (Å²) in [5.41, 5.74) is 1.20. The zero-order valence-corrected chi connectivity index (χ0v) is 25.1. The third-order valence-electron chi connectivity index (χ3n) is 6.48. The Labute approximate surface area is 257 Å². The van der Waals surface area contributed by atoms with E-state index in [-0.39, 0.29) is 12.8 Å². The molecular weight excluding hydrogens is 608 g/mol. The van der Waals surface area contributed by atoms with E-state index in [2.05, 4.69) is 10.6 Å². The number of Topliss-reactive ketones (excluding diaryl/α,β-unsaturated/α-hetero) is 1. The highest BCUT2D eigenvalue weighted by Crippen LogP contribution is 2.28. The van der Waals surface area contributed by atoms with Gasteiger partial charge in [0, 0.05) is 16.5 Å². The molecule has 12 heteroatoms. The van der Waals surface area contributed by atoms with E-state index in [4.69, 9.17) is 32.7 Å². The van der Waals surface area contributed by atoms with Crippen molar-refractivity contribution in [2.75, 3.05) is 7.11 Å². The number of benzene rings is 3. The van der Waals surface area contributed by atoms with Gasteiger partial charge in [0.25, 0.3) is 5.78 Å². The van der Waals surface area contributed by atoms with Gasteiger partial charge < -0.3 is 20.1 Å². The van der Waals surface area contributed by atoms with Gasteiger partial charge in [-0.05, 0) is 65.6 Å². The van der Waals surface area contributed by atoms with Gasteiger partial charge in [0.1, 0.15) is 23.6 Å². The van der Waals surface area contributed by atoms with Crippen LogP contribution in [0.25, 0.3) is 0 Å². The first-order chi connectivity index (χ1) is 20.3. The number of carbonyl (C=O) groups excluding carboxylic acids is 3. The van der Waals surface area contributed by atoms with Gasteiger partial charge in [-0.15, -0.1) is 0 Å². The molecule has 0 spiro atoms. The molecule has 7 nitrogen and oxygen atoms in total. The lowest BCUT2D eigenvalue weighted by atomic mass is 9.97. The van der Waals surface area contributed by atoms with Crippen molar-refractivity contribution >= 4 is 40.8 Å². The van der Waals surface area contributed by atoms with Gasteiger partial charge in [-0.2, -0.15) is 13.2 Å². The van der Waals surface area contributed by atoms with Crippen LogP contribution in [0.2, 0.25) is 10.0 Å². The van der Waals surface area contributed by atoms with Gasteiger partial charge in [0.15, 0.2) is 0 Å². The topological polar surface area (TPSA) is 93.7 Å². The van der Waals surface area contributed by atoms with Crippen molar-refractivity contribution in [1.29, 1.82) is 0 Å². The van der Waals surface area contributed by atoms with Crippen molar-refractivity contribution in [3.8, 4) is 11.5 Å². The highest BCUT2D eigenvalue weighted by molar-refractivity contribution is 6.30. The normalized spacial score (nSPS) is 13.5. The molecule has 3 unspecified atom stereocenters. The van der Waals surface area contributed by atoms with Crippen LogP contribution in [0, 0.1) is 5.92 Å². The molecule has 3 aromatic carbocycles. The van der Waals surface area contributed by atoms with E-state index in [1.807, 2.05) is 0 Å². The fourth-order valence-corrected chi connectivity index (χ4v) is 4.43. The van der Waals surface area contributed by atoms with Gasteiger partial charge in [0.05, 0.1) is 19.6 Å². The Balaban J connectivity index is 1.85. The maximum atomic E-state index is 13.4. The summed E-state index contributed by atoms with van der Waals surface area (Å²) in [6.45, 7) is 2.77. The minimum absolute atomic E-state index is 0.0787. The number of ether oxygens (including phenoxy) is 2. The molecule has 0 aliphatic heterocycles. The van der Waals surface area contributed by atoms with Crippen LogP contribution in [0.3, 0.4) is 0 Å². The first-order valence-corrected chi connectivity index (χ1v) is 14.0. The van der Waals surface area contributed by atoms with Crippen LogP contribution in [0.4, 0.5) is 13.2 Å². The van der Waals surface area contributed by atoms with Gasteiger partial charge >= 0.3 is 6.18 Å². The van der Waals surface area contributed by atoms with Crippen molar-refractivity contribution in [1.82, 2.24) is 10.6 Å². The third-order valence-corrected chi connectivity index (χ3v) is 6.99. The summed E-state index contributed by atoms with van der Waals surface area (Å²) in [6, 6.07) is 16.6. The van der Waals surface area contributed by atoms with Crippen LogP contribution >= 0.6 is 23.2 Å². The Morgan fingerprint density at radius 3 is 1.86 bits per heavy atom. The molecule has 230 valence electrons. The van der Waals surface area contributed by atoms with Crippen molar-refractivity contribution in [2.45, 2.75) is 51.1 Å². The molecule has 0 fully saturated rings. The number of methoxy groups -OCH3 is 1. The molecule has 2 amide bonds. The molecule has 3 atom stereocenters. The standard InChI is InChI=1S/C31H31Cl2F3N2O5/c1-18(2)28(29(40)31(34,35)36)38-30(41)25(16-19-4-8-21(32)9-5-19)37-27(39)17-26(20-6-10-22(33)11-7-20)43-24-14-12-23(42-3)13-15-24/h4-15,18,25-26,28H,16-17H2,1-3H3,(H,37,39)(H,38,41). The van der Waals surface area contributed by atoms with Gasteiger partial charge in [-0.1, -0.05) is 61.3 Å². The summed E-state index contributed by atoms with van der Waals surface area (Å²) < 4.78 is 51.0. The molecule has 0 aromatic heterocycles. The summed E-state index contributed by atoms with van der Waals surface area (Å²) in [4.78, 5) is 38.7. The predicted molar refractivity (Wildman–Crippen MR) is 157 cm³/mol. The second-order valence-corrected chi connectivity index (χ2v) is 11.0. The molecule has 3 aromatic rings.